The molecule has 1 aromatic carbocycles. The number of hydrogen-bond acceptors (Lipinski definition) is 4. The van der Waals surface area contributed by atoms with E-state index >= 15 is 0 Å². The zero-order chi connectivity index (χ0) is 12.8. The zero-order valence-electron chi connectivity index (χ0n) is 10.2. The Morgan fingerprint density at radius 3 is 2.72 bits per heavy atom. The van der Waals surface area contributed by atoms with Crippen molar-refractivity contribution in [1.82, 2.24) is 4.98 Å². The number of methoxy groups -OCH3 is 1. The van der Waals surface area contributed by atoms with Crippen molar-refractivity contribution < 1.29 is 4.74 Å². The molecule has 0 bridgehead atoms. The van der Waals surface area contributed by atoms with Gasteiger partial charge in [0, 0.05) is 23.6 Å². The minimum atomic E-state index is -0.0619. The number of hydrogen-bond donors (Lipinski definition) is 1. The van der Waals surface area contributed by atoms with Crippen LogP contribution in [0.5, 0.6) is 5.75 Å². The average molecular weight is 260 g/mol. The van der Waals surface area contributed by atoms with Crippen molar-refractivity contribution in [3.05, 3.63) is 54.2 Å². The molecular formula is C14H16N2OS. The van der Waals surface area contributed by atoms with Gasteiger partial charge in [0.1, 0.15) is 5.75 Å². The predicted molar refractivity (Wildman–Crippen MR) is 74.9 cm³/mol. The normalized spacial score (nSPS) is 12.1. The SMILES string of the molecule is COc1ccccc1C(N)CSc1ccccn1. The first-order valence-electron chi connectivity index (χ1n) is 5.73. The summed E-state index contributed by atoms with van der Waals surface area (Å²) in [5.41, 5.74) is 7.22. The van der Waals surface area contributed by atoms with Gasteiger partial charge in [-0.1, -0.05) is 24.3 Å². The molecule has 0 radical (unpaired) electrons. The van der Waals surface area contributed by atoms with E-state index in [2.05, 4.69) is 4.98 Å². The van der Waals surface area contributed by atoms with Crippen LogP contribution < -0.4 is 10.5 Å². The number of aromatic nitrogens is 1. The zero-order valence-corrected chi connectivity index (χ0v) is 11.1. The number of para-hydroxylation sites is 1. The molecule has 0 aliphatic rings. The maximum atomic E-state index is 6.19. The summed E-state index contributed by atoms with van der Waals surface area (Å²) in [7, 11) is 1.66. The third kappa shape index (κ3) is 3.24. The van der Waals surface area contributed by atoms with E-state index in [0.29, 0.717) is 0 Å². The first kappa shape index (κ1) is 12.9. The number of pyridine rings is 1. The Balaban J connectivity index is 2.01. The predicted octanol–water partition coefficient (Wildman–Crippen LogP) is 2.88. The highest BCUT2D eigenvalue weighted by molar-refractivity contribution is 7.99. The minimum Gasteiger partial charge on any atom is -0.496 e. The Bertz CT molecular complexity index is 490. The van der Waals surface area contributed by atoms with Crippen LogP contribution in [0.15, 0.2) is 53.7 Å². The van der Waals surface area contributed by atoms with Gasteiger partial charge in [-0.3, -0.25) is 0 Å². The summed E-state index contributed by atoms with van der Waals surface area (Å²) in [6.07, 6.45) is 1.79. The molecule has 0 fully saturated rings. The second-order valence-corrected chi connectivity index (χ2v) is 4.87. The molecule has 0 saturated carbocycles. The molecule has 1 aromatic heterocycles. The van der Waals surface area contributed by atoms with Crippen LogP contribution >= 0.6 is 11.8 Å². The molecule has 1 atom stereocenters. The van der Waals surface area contributed by atoms with Crippen LogP contribution in [0, 0.1) is 0 Å². The van der Waals surface area contributed by atoms with E-state index in [0.717, 1.165) is 22.1 Å². The Labute approximate surface area is 111 Å². The molecule has 94 valence electrons. The van der Waals surface area contributed by atoms with Crippen molar-refractivity contribution in [3.8, 4) is 5.75 Å². The molecule has 4 heteroatoms. The van der Waals surface area contributed by atoms with Crippen LogP contribution in [0.25, 0.3) is 0 Å². The number of nitrogens with zero attached hydrogens (tertiary/aromatic N) is 1. The molecular weight excluding hydrogens is 244 g/mol. The summed E-state index contributed by atoms with van der Waals surface area (Å²) in [6.45, 7) is 0. The molecule has 0 spiro atoms. The summed E-state index contributed by atoms with van der Waals surface area (Å²) in [4.78, 5) is 4.26. The van der Waals surface area contributed by atoms with E-state index in [1.807, 2.05) is 42.5 Å². The van der Waals surface area contributed by atoms with E-state index in [1.165, 1.54) is 0 Å². The summed E-state index contributed by atoms with van der Waals surface area (Å²) in [5, 5.41) is 0.989. The van der Waals surface area contributed by atoms with Crippen molar-refractivity contribution in [2.45, 2.75) is 11.1 Å². The first-order valence-corrected chi connectivity index (χ1v) is 6.72. The molecule has 1 unspecified atom stereocenters. The van der Waals surface area contributed by atoms with Crippen molar-refractivity contribution in [1.29, 1.82) is 0 Å². The topological polar surface area (TPSA) is 48.1 Å². The van der Waals surface area contributed by atoms with E-state index in [9.17, 15) is 0 Å². The highest BCUT2D eigenvalue weighted by Crippen LogP contribution is 2.27. The molecule has 0 amide bonds. The lowest BCUT2D eigenvalue weighted by atomic mass is 10.1. The molecule has 0 aliphatic carbocycles. The lowest BCUT2D eigenvalue weighted by molar-refractivity contribution is 0.407. The van der Waals surface area contributed by atoms with Gasteiger partial charge in [0.2, 0.25) is 0 Å². The van der Waals surface area contributed by atoms with Crippen LogP contribution in [0.3, 0.4) is 0 Å². The number of benzene rings is 1. The van der Waals surface area contributed by atoms with Crippen molar-refractivity contribution >= 4 is 11.8 Å². The number of rotatable bonds is 5. The fourth-order valence-electron chi connectivity index (χ4n) is 1.67. The Hall–Kier alpha value is -1.52. The molecule has 0 saturated heterocycles. The fourth-order valence-corrected chi connectivity index (χ4v) is 2.51. The van der Waals surface area contributed by atoms with Gasteiger partial charge in [-0.05, 0) is 18.2 Å². The van der Waals surface area contributed by atoms with Crippen molar-refractivity contribution in [3.63, 3.8) is 0 Å². The van der Waals surface area contributed by atoms with E-state index in [4.69, 9.17) is 10.5 Å². The number of nitrogens with two attached hydrogens (primary N) is 1. The van der Waals surface area contributed by atoms with Gasteiger partial charge in [0.25, 0.3) is 0 Å². The van der Waals surface area contributed by atoms with Gasteiger partial charge in [0.15, 0.2) is 0 Å². The van der Waals surface area contributed by atoms with Crippen molar-refractivity contribution in [2.75, 3.05) is 12.9 Å². The standard InChI is InChI=1S/C14H16N2OS/c1-17-13-7-3-2-6-11(13)12(15)10-18-14-8-4-5-9-16-14/h2-9,12H,10,15H2,1H3. The maximum absolute atomic E-state index is 6.19. The largest absolute Gasteiger partial charge is 0.496 e. The molecule has 2 aromatic rings. The lowest BCUT2D eigenvalue weighted by Crippen LogP contribution is -2.14. The third-order valence-electron chi connectivity index (χ3n) is 2.59. The van der Waals surface area contributed by atoms with E-state index in [1.54, 1.807) is 25.1 Å². The highest BCUT2D eigenvalue weighted by Gasteiger charge is 2.11. The van der Waals surface area contributed by atoms with Crippen LogP contribution in [-0.2, 0) is 0 Å². The van der Waals surface area contributed by atoms with Gasteiger partial charge in [0.05, 0.1) is 12.1 Å². The third-order valence-corrected chi connectivity index (χ3v) is 3.65. The molecule has 1 heterocycles. The summed E-state index contributed by atoms with van der Waals surface area (Å²) < 4.78 is 5.31. The second kappa shape index (κ2) is 6.42. The summed E-state index contributed by atoms with van der Waals surface area (Å²) in [6, 6.07) is 13.7. The molecule has 0 aliphatic heterocycles. The van der Waals surface area contributed by atoms with Crippen LogP contribution in [0.1, 0.15) is 11.6 Å². The van der Waals surface area contributed by atoms with E-state index in [-0.39, 0.29) is 6.04 Å². The molecule has 3 nitrogen and oxygen atoms in total. The Kier molecular flexibility index (Phi) is 4.61. The van der Waals surface area contributed by atoms with Gasteiger partial charge in [-0.15, -0.1) is 11.8 Å². The Morgan fingerprint density at radius 2 is 2.00 bits per heavy atom. The van der Waals surface area contributed by atoms with Crippen molar-refractivity contribution in [2.24, 2.45) is 5.73 Å². The number of ether oxygens (including phenoxy) is 1. The highest BCUT2D eigenvalue weighted by atomic mass is 32.2. The summed E-state index contributed by atoms with van der Waals surface area (Å²) >= 11 is 1.65. The smallest absolute Gasteiger partial charge is 0.123 e. The van der Waals surface area contributed by atoms with Gasteiger partial charge in [-0.25, -0.2) is 4.98 Å². The van der Waals surface area contributed by atoms with Crippen LogP contribution in [0.4, 0.5) is 0 Å². The van der Waals surface area contributed by atoms with Crippen LogP contribution in [0.2, 0.25) is 0 Å². The Morgan fingerprint density at radius 1 is 1.22 bits per heavy atom. The number of thioether (sulfide) groups is 1. The fraction of sp³-hybridized carbons (Fsp3) is 0.214. The van der Waals surface area contributed by atoms with Crippen LogP contribution in [-0.4, -0.2) is 17.8 Å². The maximum Gasteiger partial charge on any atom is 0.123 e. The summed E-state index contributed by atoms with van der Waals surface area (Å²) in [5.74, 6) is 1.61. The average Bonchev–Trinajstić information content (AvgIpc) is 2.45. The molecule has 18 heavy (non-hydrogen) atoms. The quantitative estimate of drug-likeness (QED) is 0.840. The molecule has 2 rings (SSSR count). The van der Waals surface area contributed by atoms with Gasteiger partial charge in [-0.2, -0.15) is 0 Å². The monoisotopic (exact) mass is 260 g/mol. The lowest BCUT2D eigenvalue weighted by Gasteiger charge is -2.14. The minimum absolute atomic E-state index is 0.0619. The van der Waals surface area contributed by atoms with Gasteiger partial charge >= 0.3 is 0 Å². The van der Waals surface area contributed by atoms with E-state index < -0.39 is 0 Å². The second-order valence-electron chi connectivity index (χ2n) is 3.83. The molecule has 2 N–H and O–H groups in total. The first-order chi connectivity index (χ1) is 8.81. The van der Waals surface area contributed by atoms with Gasteiger partial charge < -0.3 is 10.5 Å².